The summed E-state index contributed by atoms with van der Waals surface area (Å²) in [5.74, 6) is 1.15. The summed E-state index contributed by atoms with van der Waals surface area (Å²) in [5, 5.41) is 2.18. The van der Waals surface area contributed by atoms with Crippen molar-refractivity contribution in [3.05, 3.63) is 24.3 Å². The molecule has 0 aliphatic rings. The third kappa shape index (κ3) is 4.03. The van der Waals surface area contributed by atoms with E-state index in [0.29, 0.717) is 0 Å². The van der Waals surface area contributed by atoms with Crippen molar-refractivity contribution in [2.24, 2.45) is 0 Å². The van der Waals surface area contributed by atoms with E-state index >= 15 is 0 Å². The van der Waals surface area contributed by atoms with E-state index in [1.165, 1.54) is 25.7 Å². The minimum Gasteiger partial charge on any atom is -0.333 e. The number of benzene rings is 1. The highest BCUT2D eigenvalue weighted by Crippen LogP contribution is 2.20. The van der Waals surface area contributed by atoms with Gasteiger partial charge in [-0.2, -0.15) is 0 Å². The fraction of sp³-hybridized carbons (Fsp3) is 0.462. The summed E-state index contributed by atoms with van der Waals surface area (Å²) in [6, 6.07) is 8.18. The maximum absolute atomic E-state index is 4.55. The molecule has 0 amide bonds. The van der Waals surface area contributed by atoms with E-state index in [9.17, 15) is 0 Å². The van der Waals surface area contributed by atoms with Crippen molar-refractivity contribution in [2.75, 3.05) is 11.1 Å². The van der Waals surface area contributed by atoms with E-state index in [0.717, 1.165) is 27.3 Å². The van der Waals surface area contributed by atoms with Gasteiger partial charge >= 0.3 is 0 Å². The van der Waals surface area contributed by atoms with E-state index in [-0.39, 0.29) is 0 Å². The van der Waals surface area contributed by atoms with Gasteiger partial charge in [0.05, 0.1) is 11.0 Å². The lowest BCUT2D eigenvalue weighted by atomic mass is 10.2. The standard InChI is InChI=1S/C13H17BrN2S/c14-9-5-1-2-6-10-17-13-15-11-7-3-4-8-12(11)16-13/h3-4,7-8H,1-2,5-6,9-10H2,(H,15,16). The zero-order valence-corrected chi connectivity index (χ0v) is 12.2. The first-order chi connectivity index (χ1) is 8.40. The van der Waals surface area contributed by atoms with Gasteiger partial charge in [0.15, 0.2) is 5.16 Å². The molecule has 0 bridgehead atoms. The van der Waals surface area contributed by atoms with Gasteiger partial charge in [-0.1, -0.05) is 52.7 Å². The van der Waals surface area contributed by atoms with Crippen LogP contribution in [0.25, 0.3) is 11.0 Å². The molecule has 1 aromatic heterocycles. The summed E-state index contributed by atoms with van der Waals surface area (Å²) >= 11 is 5.28. The first kappa shape index (κ1) is 13.0. The monoisotopic (exact) mass is 312 g/mol. The van der Waals surface area contributed by atoms with E-state index in [4.69, 9.17) is 0 Å². The van der Waals surface area contributed by atoms with Crippen LogP contribution in [0.2, 0.25) is 0 Å². The Labute approximate surface area is 115 Å². The Bertz CT molecular complexity index is 422. The molecule has 0 saturated heterocycles. The molecule has 0 unspecified atom stereocenters. The number of H-pyrrole nitrogens is 1. The van der Waals surface area contributed by atoms with Gasteiger partial charge in [-0.25, -0.2) is 4.98 Å². The molecule has 0 saturated carbocycles. The lowest BCUT2D eigenvalue weighted by Gasteiger charge is -1.98. The number of nitrogens with zero attached hydrogens (tertiary/aromatic N) is 1. The van der Waals surface area contributed by atoms with Crippen molar-refractivity contribution in [1.29, 1.82) is 0 Å². The molecule has 92 valence electrons. The first-order valence-corrected chi connectivity index (χ1v) is 8.14. The highest BCUT2D eigenvalue weighted by molar-refractivity contribution is 9.09. The molecule has 2 nitrogen and oxygen atoms in total. The van der Waals surface area contributed by atoms with Gasteiger partial charge in [0, 0.05) is 11.1 Å². The van der Waals surface area contributed by atoms with E-state index in [1.807, 2.05) is 30.0 Å². The van der Waals surface area contributed by atoms with Crippen molar-refractivity contribution in [3.8, 4) is 0 Å². The molecule has 1 heterocycles. The molecule has 0 aliphatic heterocycles. The molecule has 2 aromatic rings. The average Bonchev–Trinajstić information content (AvgIpc) is 2.76. The van der Waals surface area contributed by atoms with E-state index in [2.05, 4.69) is 32.0 Å². The van der Waals surface area contributed by atoms with Crippen LogP contribution in [0, 0.1) is 0 Å². The third-order valence-electron chi connectivity index (χ3n) is 2.63. The Morgan fingerprint density at radius 2 is 1.94 bits per heavy atom. The van der Waals surface area contributed by atoms with Gasteiger partial charge in [0.1, 0.15) is 0 Å². The quantitative estimate of drug-likeness (QED) is 0.459. The number of rotatable bonds is 7. The van der Waals surface area contributed by atoms with E-state index < -0.39 is 0 Å². The highest BCUT2D eigenvalue weighted by atomic mass is 79.9. The number of aromatic amines is 1. The number of aromatic nitrogens is 2. The fourth-order valence-electron chi connectivity index (χ4n) is 1.72. The van der Waals surface area contributed by atoms with Crippen LogP contribution in [0.4, 0.5) is 0 Å². The zero-order chi connectivity index (χ0) is 11.9. The maximum Gasteiger partial charge on any atom is 0.166 e. The molecular weight excluding hydrogens is 296 g/mol. The summed E-state index contributed by atoms with van der Waals surface area (Å²) in [7, 11) is 0. The first-order valence-electron chi connectivity index (χ1n) is 6.03. The zero-order valence-electron chi connectivity index (χ0n) is 9.79. The second-order valence-electron chi connectivity index (χ2n) is 4.01. The smallest absolute Gasteiger partial charge is 0.166 e. The Balaban J connectivity index is 1.75. The molecule has 17 heavy (non-hydrogen) atoms. The minimum absolute atomic E-state index is 1.05. The van der Waals surface area contributed by atoms with Crippen LogP contribution in [-0.2, 0) is 0 Å². The number of nitrogens with one attached hydrogen (secondary N) is 1. The number of hydrogen-bond acceptors (Lipinski definition) is 2. The Morgan fingerprint density at radius 1 is 1.12 bits per heavy atom. The van der Waals surface area contributed by atoms with E-state index in [1.54, 1.807) is 0 Å². The molecule has 0 radical (unpaired) electrons. The molecule has 0 fully saturated rings. The highest BCUT2D eigenvalue weighted by Gasteiger charge is 2.01. The SMILES string of the molecule is BrCCCCCCSc1nc2ccccc2[nH]1. The fourth-order valence-corrected chi connectivity index (χ4v) is 3.00. The van der Waals surface area contributed by atoms with Gasteiger partial charge in [-0.3, -0.25) is 0 Å². The van der Waals surface area contributed by atoms with Crippen molar-refractivity contribution >= 4 is 38.7 Å². The number of alkyl halides is 1. The van der Waals surface area contributed by atoms with Crippen LogP contribution in [0.15, 0.2) is 29.4 Å². The third-order valence-corrected chi connectivity index (χ3v) is 4.15. The lowest BCUT2D eigenvalue weighted by molar-refractivity contribution is 0.712. The molecule has 0 atom stereocenters. The molecule has 4 heteroatoms. The van der Waals surface area contributed by atoms with Crippen LogP contribution in [-0.4, -0.2) is 21.1 Å². The van der Waals surface area contributed by atoms with Gasteiger partial charge < -0.3 is 4.98 Å². The van der Waals surface area contributed by atoms with Crippen LogP contribution in [0.1, 0.15) is 25.7 Å². The van der Waals surface area contributed by atoms with Crippen LogP contribution in [0.3, 0.4) is 0 Å². The molecule has 0 aliphatic carbocycles. The molecular formula is C13H17BrN2S. The Kier molecular flexibility index (Phi) is 5.39. The molecule has 2 rings (SSSR count). The summed E-state index contributed by atoms with van der Waals surface area (Å²) < 4.78 is 0. The predicted molar refractivity (Wildman–Crippen MR) is 79.1 cm³/mol. The van der Waals surface area contributed by atoms with Crippen molar-refractivity contribution < 1.29 is 0 Å². The lowest BCUT2D eigenvalue weighted by Crippen LogP contribution is -1.83. The summed E-state index contributed by atoms with van der Waals surface area (Å²) in [6.07, 6.45) is 5.20. The van der Waals surface area contributed by atoms with Crippen LogP contribution < -0.4 is 0 Å². The van der Waals surface area contributed by atoms with Gasteiger partial charge in [0.2, 0.25) is 0 Å². The normalized spacial score (nSPS) is 11.1. The number of unbranched alkanes of at least 4 members (excludes halogenated alkanes) is 3. The second-order valence-corrected chi connectivity index (χ2v) is 5.89. The van der Waals surface area contributed by atoms with Crippen LogP contribution in [0.5, 0.6) is 0 Å². The summed E-state index contributed by atoms with van der Waals surface area (Å²) in [6.45, 7) is 0. The Hall–Kier alpha value is -0.480. The number of fused-ring (bicyclic) bond motifs is 1. The maximum atomic E-state index is 4.55. The number of halogens is 1. The number of imidazole rings is 1. The van der Waals surface area contributed by atoms with Crippen molar-refractivity contribution in [2.45, 2.75) is 30.8 Å². The predicted octanol–water partition coefficient (Wildman–Crippen LogP) is 4.61. The molecule has 1 aromatic carbocycles. The van der Waals surface area contributed by atoms with Crippen molar-refractivity contribution in [3.63, 3.8) is 0 Å². The summed E-state index contributed by atoms with van der Waals surface area (Å²) in [5.41, 5.74) is 2.20. The molecule has 0 spiro atoms. The number of thioether (sulfide) groups is 1. The van der Waals surface area contributed by atoms with Crippen LogP contribution >= 0.6 is 27.7 Å². The summed E-state index contributed by atoms with van der Waals surface area (Å²) in [4.78, 5) is 7.89. The Morgan fingerprint density at radius 3 is 2.76 bits per heavy atom. The van der Waals surface area contributed by atoms with Gasteiger partial charge in [-0.05, 0) is 25.0 Å². The number of para-hydroxylation sites is 2. The number of hydrogen-bond donors (Lipinski definition) is 1. The van der Waals surface area contributed by atoms with Gasteiger partial charge in [-0.15, -0.1) is 0 Å². The van der Waals surface area contributed by atoms with Gasteiger partial charge in [0.25, 0.3) is 0 Å². The topological polar surface area (TPSA) is 28.7 Å². The second kappa shape index (κ2) is 7.07. The largest absolute Gasteiger partial charge is 0.333 e. The average molecular weight is 313 g/mol. The van der Waals surface area contributed by atoms with Crippen molar-refractivity contribution in [1.82, 2.24) is 9.97 Å². The minimum atomic E-state index is 1.05. The molecule has 1 N–H and O–H groups in total.